The molecule has 1 heterocycles. The van der Waals surface area contributed by atoms with Crippen molar-refractivity contribution in [1.29, 1.82) is 0 Å². The number of sulfone groups is 1. The van der Waals surface area contributed by atoms with Gasteiger partial charge < -0.3 is 4.90 Å². The number of benzene rings is 1. The molecule has 0 saturated carbocycles. The Morgan fingerprint density at radius 1 is 1.47 bits per heavy atom. The lowest BCUT2D eigenvalue weighted by atomic mass is 10.1. The first kappa shape index (κ1) is 14.3. The molecule has 1 saturated heterocycles. The Bertz CT molecular complexity index is 585. The van der Waals surface area contributed by atoms with Crippen LogP contribution in [-0.4, -0.2) is 43.3 Å². The van der Waals surface area contributed by atoms with Crippen molar-refractivity contribution in [1.82, 2.24) is 4.90 Å². The molecule has 2 rings (SSSR count). The summed E-state index contributed by atoms with van der Waals surface area (Å²) in [5.41, 5.74) is 0.499. The SMILES string of the molecule is CCN(C(=O)c1cccc(Cl)c1)[C@@H]1CCS(=O)(=O)C1. The second kappa shape index (κ2) is 5.51. The van der Waals surface area contributed by atoms with Gasteiger partial charge in [0, 0.05) is 23.2 Å². The van der Waals surface area contributed by atoms with Crippen LogP contribution in [-0.2, 0) is 9.84 Å². The standard InChI is InChI=1S/C13H16ClNO3S/c1-2-15(12-6-7-19(17,18)9-12)13(16)10-4-3-5-11(14)8-10/h3-5,8,12H,2,6-7,9H2,1H3/t12-/m1/s1. The summed E-state index contributed by atoms with van der Waals surface area (Å²) in [6, 6.07) is 6.50. The second-order valence-corrected chi connectivity index (χ2v) is 7.32. The number of carbonyl (C=O) groups is 1. The van der Waals surface area contributed by atoms with Crippen molar-refractivity contribution < 1.29 is 13.2 Å². The summed E-state index contributed by atoms with van der Waals surface area (Å²) in [4.78, 5) is 14.0. The fourth-order valence-corrected chi connectivity index (χ4v) is 4.30. The van der Waals surface area contributed by atoms with E-state index in [-0.39, 0.29) is 23.5 Å². The van der Waals surface area contributed by atoms with Crippen LogP contribution in [0.15, 0.2) is 24.3 Å². The fourth-order valence-electron chi connectivity index (χ4n) is 2.38. The zero-order valence-corrected chi connectivity index (χ0v) is 12.2. The van der Waals surface area contributed by atoms with Crippen LogP contribution in [0.1, 0.15) is 23.7 Å². The van der Waals surface area contributed by atoms with Crippen LogP contribution < -0.4 is 0 Å². The summed E-state index contributed by atoms with van der Waals surface area (Å²) >= 11 is 5.88. The normalized spacial score (nSPS) is 21.3. The van der Waals surface area contributed by atoms with E-state index in [9.17, 15) is 13.2 Å². The molecular formula is C13H16ClNO3S. The third kappa shape index (κ3) is 3.28. The zero-order chi connectivity index (χ0) is 14.0. The van der Waals surface area contributed by atoms with E-state index in [2.05, 4.69) is 0 Å². The van der Waals surface area contributed by atoms with Gasteiger partial charge in [0.25, 0.3) is 5.91 Å². The number of amides is 1. The summed E-state index contributed by atoms with van der Waals surface area (Å²) in [6.45, 7) is 2.35. The Morgan fingerprint density at radius 3 is 2.74 bits per heavy atom. The van der Waals surface area contributed by atoms with Crippen LogP contribution in [0.5, 0.6) is 0 Å². The van der Waals surface area contributed by atoms with Crippen molar-refractivity contribution in [3.63, 3.8) is 0 Å². The Morgan fingerprint density at radius 2 is 2.21 bits per heavy atom. The minimum Gasteiger partial charge on any atom is -0.335 e. The van der Waals surface area contributed by atoms with Gasteiger partial charge in [-0.15, -0.1) is 0 Å². The quantitative estimate of drug-likeness (QED) is 0.858. The predicted molar refractivity (Wildman–Crippen MR) is 75.2 cm³/mol. The molecule has 0 aliphatic carbocycles. The Balaban J connectivity index is 2.21. The van der Waals surface area contributed by atoms with Crippen molar-refractivity contribution >= 4 is 27.3 Å². The average molecular weight is 302 g/mol. The first-order chi connectivity index (χ1) is 8.93. The molecule has 0 spiro atoms. The van der Waals surface area contributed by atoms with Gasteiger partial charge in [-0.2, -0.15) is 0 Å². The van der Waals surface area contributed by atoms with E-state index >= 15 is 0 Å². The van der Waals surface area contributed by atoms with Gasteiger partial charge in [-0.3, -0.25) is 4.79 Å². The van der Waals surface area contributed by atoms with Crippen LogP contribution >= 0.6 is 11.6 Å². The number of hydrogen-bond donors (Lipinski definition) is 0. The first-order valence-electron chi connectivity index (χ1n) is 6.20. The highest BCUT2D eigenvalue weighted by Crippen LogP contribution is 2.21. The van der Waals surface area contributed by atoms with Gasteiger partial charge >= 0.3 is 0 Å². The van der Waals surface area contributed by atoms with Crippen molar-refractivity contribution in [2.45, 2.75) is 19.4 Å². The molecule has 0 N–H and O–H groups in total. The highest BCUT2D eigenvalue weighted by atomic mass is 35.5. The Kier molecular flexibility index (Phi) is 4.16. The molecule has 0 radical (unpaired) electrons. The Hall–Kier alpha value is -1.07. The lowest BCUT2D eigenvalue weighted by Crippen LogP contribution is -2.40. The number of hydrogen-bond acceptors (Lipinski definition) is 3. The predicted octanol–water partition coefficient (Wildman–Crippen LogP) is 1.99. The molecule has 6 heteroatoms. The molecule has 1 aliphatic heterocycles. The minimum atomic E-state index is -2.99. The molecule has 0 aromatic heterocycles. The van der Waals surface area contributed by atoms with E-state index in [1.54, 1.807) is 29.2 Å². The molecule has 0 bridgehead atoms. The highest BCUT2D eigenvalue weighted by Gasteiger charge is 2.34. The fraction of sp³-hybridized carbons (Fsp3) is 0.462. The molecule has 19 heavy (non-hydrogen) atoms. The van der Waals surface area contributed by atoms with Gasteiger partial charge in [-0.1, -0.05) is 17.7 Å². The van der Waals surface area contributed by atoms with Gasteiger partial charge in [0.15, 0.2) is 9.84 Å². The van der Waals surface area contributed by atoms with Crippen LogP contribution in [0.4, 0.5) is 0 Å². The van der Waals surface area contributed by atoms with E-state index < -0.39 is 9.84 Å². The van der Waals surface area contributed by atoms with Gasteiger partial charge in [0.05, 0.1) is 11.5 Å². The molecule has 1 aromatic carbocycles. The molecule has 1 aliphatic rings. The van der Waals surface area contributed by atoms with Crippen LogP contribution in [0.3, 0.4) is 0 Å². The zero-order valence-electron chi connectivity index (χ0n) is 10.7. The average Bonchev–Trinajstić information content (AvgIpc) is 2.70. The molecule has 1 atom stereocenters. The van der Waals surface area contributed by atoms with Crippen molar-refractivity contribution in [2.24, 2.45) is 0 Å². The van der Waals surface area contributed by atoms with Crippen LogP contribution in [0.2, 0.25) is 5.02 Å². The van der Waals surface area contributed by atoms with E-state index in [4.69, 9.17) is 11.6 Å². The molecular weight excluding hydrogens is 286 g/mol. The van der Waals surface area contributed by atoms with E-state index in [0.717, 1.165) is 0 Å². The van der Waals surface area contributed by atoms with Crippen LogP contribution in [0.25, 0.3) is 0 Å². The van der Waals surface area contributed by atoms with E-state index in [0.29, 0.717) is 23.6 Å². The van der Waals surface area contributed by atoms with Gasteiger partial charge in [-0.25, -0.2) is 8.42 Å². The molecule has 1 aromatic rings. The van der Waals surface area contributed by atoms with Crippen molar-refractivity contribution in [3.05, 3.63) is 34.9 Å². The molecule has 0 unspecified atom stereocenters. The number of carbonyl (C=O) groups excluding carboxylic acids is 1. The number of rotatable bonds is 3. The Labute approximate surface area is 118 Å². The van der Waals surface area contributed by atoms with Crippen LogP contribution in [0, 0.1) is 0 Å². The molecule has 1 fully saturated rings. The third-order valence-electron chi connectivity index (χ3n) is 3.32. The van der Waals surface area contributed by atoms with E-state index in [1.807, 2.05) is 6.92 Å². The van der Waals surface area contributed by atoms with Gasteiger partial charge in [0.2, 0.25) is 0 Å². The summed E-state index contributed by atoms with van der Waals surface area (Å²) in [5, 5.41) is 0.501. The maximum atomic E-state index is 12.4. The van der Waals surface area contributed by atoms with Gasteiger partial charge in [-0.05, 0) is 31.5 Å². The monoisotopic (exact) mass is 301 g/mol. The summed E-state index contributed by atoms with van der Waals surface area (Å²) < 4.78 is 23.0. The van der Waals surface area contributed by atoms with Crippen molar-refractivity contribution in [2.75, 3.05) is 18.1 Å². The maximum Gasteiger partial charge on any atom is 0.254 e. The summed E-state index contributed by atoms with van der Waals surface area (Å²) in [7, 11) is -2.99. The third-order valence-corrected chi connectivity index (χ3v) is 5.31. The second-order valence-electron chi connectivity index (χ2n) is 4.66. The summed E-state index contributed by atoms with van der Waals surface area (Å²) in [5.74, 6) is 0.0662. The lowest BCUT2D eigenvalue weighted by molar-refractivity contribution is 0.0708. The first-order valence-corrected chi connectivity index (χ1v) is 8.40. The van der Waals surface area contributed by atoms with E-state index in [1.165, 1.54) is 0 Å². The number of nitrogens with zero attached hydrogens (tertiary/aromatic N) is 1. The highest BCUT2D eigenvalue weighted by molar-refractivity contribution is 7.91. The molecule has 1 amide bonds. The smallest absolute Gasteiger partial charge is 0.254 e. The topological polar surface area (TPSA) is 54.5 Å². The number of halogens is 1. The largest absolute Gasteiger partial charge is 0.335 e. The minimum absolute atomic E-state index is 0.0626. The van der Waals surface area contributed by atoms with Crippen molar-refractivity contribution in [3.8, 4) is 0 Å². The maximum absolute atomic E-state index is 12.4. The lowest BCUT2D eigenvalue weighted by Gasteiger charge is -2.27. The van der Waals surface area contributed by atoms with Gasteiger partial charge in [0.1, 0.15) is 0 Å². The molecule has 4 nitrogen and oxygen atoms in total. The molecule has 104 valence electrons. The summed E-state index contributed by atoms with van der Waals surface area (Å²) in [6.07, 6.45) is 0.516.